The number of hydrogen-bond acceptors (Lipinski definition) is 1. The van der Waals surface area contributed by atoms with Gasteiger partial charge in [0.05, 0.1) is 6.04 Å². The van der Waals surface area contributed by atoms with Crippen LogP contribution in [0.15, 0.2) is 45.3 Å². The first-order valence-electron chi connectivity index (χ1n) is 5.45. The van der Waals surface area contributed by atoms with Crippen molar-refractivity contribution in [2.45, 2.75) is 13.0 Å². The second-order valence-electron chi connectivity index (χ2n) is 4.21. The fourth-order valence-corrected chi connectivity index (χ4v) is 2.75. The maximum atomic E-state index is 13.4. The molecule has 2 rings (SSSR count). The highest BCUT2D eigenvalue weighted by atomic mass is 79.9. The molecular formula is C14H12Br2FN. The Balaban J connectivity index is 2.47. The molecule has 0 saturated carbocycles. The Bertz CT molecular complexity index is 564. The fourth-order valence-electron chi connectivity index (χ4n) is 1.88. The van der Waals surface area contributed by atoms with E-state index in [2.05, 4.69) is 31.9 Å². The van der Waals surface area contributed by atoms with Gasteiger partial charge in [-0.05, 0) is 53.9 Å². The standard InChI is InChI=1S/C14H12Br2FN/c1-8-4-9(6-11(17)5-8)14(18)12-7-10(15)2-3-13(12)16/h2-7,14H,18H2,1H3. The summed E-state index contributed by atoms with van der Waals surface area (Å²) >= 11 is 6.89. The Morgan fingerprint density at radius 3 is 2.50 bits per heavy atom. The third-order valence-corrected chi connectivity index (χ3v) is 3.93. The van der Waals surface area contributed by atoms with E-state index in [4.69, 9.17) is 5.73 Å². The van der Waals surface area contributed by atoms with Crippen LogP contribution in [-0.4, -0.2) is 0 Å². The van der Waals surface area contributed by atoms with Crippen LogP contribution in [0.25, 0.3) is 0 Å². The van der Waals surface area contributed by atoms with Crippen LogP contribution in [0.2, 0.25) is 0 Å². The summed E-state index contributed by atoms with van der Waals surface area (Å²) in [5.74, 6) is -0.258. The van der Waals surface area contributed by atoms with Crippen LogP contribution in [-0.2, 0) is 0 Å². The molecule has 0 aliphatic carbocycles. The highest BCUT2D eigenvalue weighted by Crippen LogP contribution is 2.30. The van der Waals surface area contributed by atoms with Gasteiger partial charge in [0.15, 0.2) is 0 Å². The predicted octanol–water partition coefficient (Wildman–Crippen LogP) is 4.71. The zero-order chi connectivity index (χ0) is 13.3. The minimum Gasteiger partial charge on any atom is -0.320 e. The van der Waals surface area contributed by atoms with Crippen LogP contribution in [0.3, 0.4) is 0 Å². The van der Waals surface area contributed by atoms with E-state index < -0.39 is 0 Å². The molecule has 18 heavy (non-hydrogen) atoms. The summed E-state index contributed by atoms with van der Waals surface area (Å²) in [5.41, 5.74) is 8.77. The number of halogens is 3. The average molecular weight is 373 g/mol. The van der Waals surface area contributed by atoms with Crippen LogP contribution in [0, 0.1) is 12.7 Å². The van der Waals surface area contributed by atoms with Gasteiger partial charge in [-0.25, -0.2) is 4.39 Å². The molecule has 1 nitrogen and oxygen atoms in total. The summed E-state index contributed by atoms with van der Waals surface area (Å²) in [5, 5.41) is 0. The lowest BCUT2D eigenvalue weighted by atomic mass is 9.98. The predicted molar refractivity (Wildman–Crippen MR) is 79.0 cm³/mol. The molecular weight excluding hydrogens is 361 g/mol. The molecule has 0 spiro atoms. The van der Waals surface area contributed by atoms with E-state index in [9.17, 15) is 4.39 Å². The third-order valence-electron chi connectivity index (χ3n) is 2.72. The van der Waals surface area contributed by atoms with Gasteiger partial charge in [-0.15, -0.1) is 0 Å². The molecule has 0 heterocycles. The van der Waals surface area contributed by atoms with E-state index in [-0.39, 0.29) is 11.9 Å². The fraction of sp³-hybridized carbons (Fsp3) is 0.143. The molecule has 4 heteroatoms. The summed E-state index contributed by atoms with van der Waals surface area (Å²) in [6, 6.07) is 10.3. The third kappa shape index (κ3) is 2.99. The van der Waals surface area contributed by atoms with Gasteiger partial charge >= 0.3 is 0 Å². The Kier molecular flexibility index (Phi) is 4.20. The number of benzene rings is 2. The van der Waals surface area contributed by atoms with Crippen LogP contribution in [0.5, 0.6) is 0 Å². The molecule has 0 radical (unpaired) electrons. The summed E-state index contributed by atoms with van der Waals surface area (Å²) in [6.07, 6.45) is 0. The number of nitrogens with two attached hydrogens (primary N) is 1. The first-order valence-corrected chi connectivity index (χ1v) is 7.03. The van der Waals surface area contributed by atoms with Crippen LogP contribution in [0.4, 0.5) is 4.39 Å². The van der Waals surface area contributed by atoms with E-state index >= 15 is 0 Å². The van der Waals surface area contributed by atoms with Gasteiger partial charge < -0.3 is 5.73 Å². The van der Waals surface area contributed by atoms with Crippen LogP contribution in [0.1, 0.15) is 22.7 Å². The topological polar surface area (TPSA) is 26.0 Å². The maximum absolute atomic E-state index is 13.4. The Hall–Kier alpha value is -0.710. The minimum atomic E-state index is -0.355. The van der Waals surface area contributed by atoms with Gasteiger partial charge in [-0.2, -0.15) is 0 Å². The number of aryl methyl sites for hydroxylation is 1. The van der Waals surface area contributed by atoms with Crippen molar-refractivity contribution in [1.29, 1.82) is 0 Å². The minimum absolute atomic E-state index is 0.258. The maximum Gasteiger partial charge on any atom is 0.123 e. The summed E-state index contributed by atoms with van der Waals surface area (Å²) in [6.45, 7) is 1.86. The highest BCUT2D eigenvalue weighted by Gasteiger charge is 2.14. The van der Waals surface area contributed by atoms with Crippen molar-refractivity contribution in [2.24, 2.45) is 5.73 Å². The van der Waals surface area contributed by atoms with Crippen LogP contribution < -0.4 is 5.73 Å². The van der Waals surface area contributed by atoms with Crippen LogP contribution >= 0.6 is 31.9 Å². The zero-order valence-corrected chi connectivity index (χ0v) is 12.9. The molecule has 0 amide bonds. The van der Waals surface area contributed by atoms with E-state index in [1.165, 1.54) is 12.1 Å². The van der Waals surface area contributed by atoms with Crippen molar-refractivity contribution in [3.05, 3.63) is 67.9 Å². The van der Waals surface area contributed by atoms with Gasteiger partial charge in [0.25, 0.3) is 0 Å². The normalized spacial score (nSPS) is 12.5. The Morgan fingerprint density at radius 2 is 1.83 bits per heavy atom. The molecule has 0 bridgehead atoms. The van der Waals surface area contributed by atoms with E-state index in [1.807, 2.05) is 31.2 Å². The summed E-state index contributed by atoms with van der Waals surface area (Å²) < 4.78 is 15.3. The van der Waals surface area contributed by atoms with Crippen molar-refractivity contribution >= 4 is 31.9 Å². The van der Waals surface area contributed by atoms with Gasteiger partial charge in [-0.1, -0.05) is 37.9 Å². The van der Waals surface area contributed by atoms with Gasteiger partial charge in [0.2, 0.25) is 0 Å². The average Bonchev–Trinajstić information content (AvgIpc) is 2.30. The molecule has 2 N–H and O–H groups in total. The van der Waals surface area contributed by atoms with E-state index in [1.54, 1.807) is 0 Å². The second-order valence-corrected chi connectivity index (χ2v) is 5.98. The first kappa shape index (κ1) is 13.7. The van der Waals surface area contributed by atoms with Crippen molar-refractivity contribution in [1.82, 2.24) is 0 Å². The van der Waals surface area contributed by atoms with Crippen molar-refractivity contribution in [2.75, 3.05) is 0 Å². The monoisotopic (exact) mass is 371 g/mol. The SMILES string of the molecule is Cc1cc(F)cc(C(N)c2cc(Br)ccc2Br)c1. The Labute approximate surface area is 122 Å². The van der Waals surface area contributed by atoms with Crippen molar-refractivity contribution in [3.63, 3.8) is 0 Å². The molecule has 1 atom stereocenters. The smallest absolute Gasteiger partial charge is 0.123 e. The molecule has 1 unspecified atom stereocenters. The lowest BCUT2D eigenvalue weighted by molar-refractivity contribution is 0.622. The van der Waals surface area contributed by atoms with Crippen molar-refractivity contribution in [3.8, 4) is 0 Å². The van der Waals surface area contributed by atoms with Crippen molar-refractivity contribution < 1.29 is 4.39 Å². The zero-order valence-electron chi connectivity index (χ0n) is 9.75. The molecule has 0 fully saturated rings. The quantitative estimate of drug-likeness (QED) is 0.811. The van der Waals surface area contributed by atoms with E-state index in [0.717, 1.165) is 25.6 Å². The second kappa shape index (κ2) is 5.51. The molecule has 0 aliphatic rings. The van der Waals surface area contributed by atoms with Gasteiger partial charge in [0, 0.05) is 8.95 Å². The lowest BCUT2D eigenvalue weighted by Crippen LogP contribution is -2.13. The Morgan fingerprint density at radius 1 is 1.11 bits per heavy atom. The van der Waals surface area contributed by atoms with Gasteiger partial charge in [-0.3, -0.25) is 0 Å². The molecule has 0 saturated heterocycles. The number of hydrogen-bond donors (Lipinski definition) is 1. The molecule has 2 aromatic carbocycles. The summed E-state index contributed by atoms with van der Waals surface area (Å²) in [4.78, 5) is 0. The lowest BCUT2D eigenvalue weighted by Gasteiger charge is -2.15. The number of rotatable bonds is 2. The first-order chi connectivity index (χ1) is 8.47. The summed E-state index contributed by atoms with van der Waals surface area (Å²) in [7, 11) is 0. The highest BCUT2D eigenvalue weighted by molar-refractivity contribution is 9.11. The van der Waals surface area contributed by atoms with Gasteiger partial charge in [0.1, 0.15) is 5.82 Å². The molecule has 0 aliphatic heterocycles. The molecule has 2 aromatic rings. The molecule has 0 aromatic heterocycles. The molecule has 94 valence electrons. The van der Waals surface area contributed by atoms with E-state index in [0.29, 0.717) is 0 Å². The largest absolute Gasteiger partial charge is 0.320 e.